The highest BCUT2D eigenvalue weighted by Crippen LogP contribution is 2.17. The lowest BCUT2D eigenvalue weighted by atomic mass is 9.99. The van der Waals surface area contributed by atoms with E-state index >= 15 is 0 Å². The summed E-state index contributed by atoms with van der Waals surface area (Å²) in [5.41, 5.74) is 0. The number of thiophene rings is 1. The molecule has 2 rings (SSSR count). The molecule has 1 aliphatic rings. The van der Waals surface area contributed by atoms with Gasteiger partial charge in [0, 0.05) is 5.92 Å². The number of piperidine rings is 1. The maximum Gasteiger partial charge on any atom is 0.348 e. The van der Waals surface area contributed by atoms with E-state index in [-0.39, 0.29) is 5.97 Å². The van der Waals surface area contributed by atoms with E-state index < -0.39 is 0 Å². The monoisotopic (exact) mass is 249 g/mol. The number of nitrogens with one attached hydrogen (secondary N) is 1. The number of methoxy groups -OCH3 is 1. The van der Waals surface area contributed by atoms with Crippen LogP contribution in [0, 0.1) is 17.8 Å². The molecule has 1 aromatic rings. The van der Waals surface area contributed by atoms with Crippen molar-refractivity contribution in [2.45, 2.75) is 12.8 Å². The van der Waals surface area contributed by atoms with Crippen LogP contribution in [0.1, 0.15) is 27.4 Å². The van der Waals surface area contributed by atoms with Gasteiger partial charge in [0.15, 0.2) is 0 Å². The van der Waals surface area contributed by atoms with Crippen molar-refractivity contribution < 1.29 is 9.53 Å². The molecule has 17 heavy (non-hydrogen) atoms. The summed E-state index contributed by atoms with van der Waals surface area (Å²) in [5, 5.41) is 3.31. The average Bonchev–Trinajstić information content (AvgIpc) is 2.85. The van der Waals surface area contributed by atoms with E-state index in [1.54, 1.807) is 6.07 Å². The van der Waals surface area contributed by atoms with Gasteiger partial charge >= 0.3 is 5.97 Å². The van der Waals surface area contributed by atoms with E-state index in [2.05, 4.69) is 21.9 Å². The third-order valence-electron chi connectivity index (χ3n) is 2.73. The summed E-state index contributed by atoms with van der Waals surface area (Å²) < 4.78 is 4.66. The number of hydrogen-bond donors (Lipinski definition) is 1. The lowest BCUT2D eigenvalue weighted by Crippen LogP contribution is -2.26. The largest absolute Gasteiger partial charge is 0.465 e. The van der Waals surface area contributed by atoms with Gasteiger partial charge in [-0.3, -0.25) is 0 Å². The molecule has 0 radical (unpaired) electrons. The van der Waals surface area contributed by atoms with Crippen molar-refractivity contribution in [1.82, 2.24) is 5.32 Å². The van der Waals surface area contributed by atoms with Crippen LogP contribution in [0.5, 0.6) is 0 Å². The molecule has 4 heteroatoms. The molecule has 0 unspecified atom stereocenters. The molecule has 0 aliphatic carbocycles. The number of carbonyl (C=O) groups is 1. The SMILES string of the molecule is COC(=O)c1ccc(C#CC2CCNCC2)s1. The molecule has 3 nitrogen and oxygen atoms in total. The molecule has 2 heterocycles. The molecule has 0 spiro atoms. The predicted molar refractivity (Wildman–Crippen MR) is 68.1 cm³/mol. The van der Waals surface area contributed by atoms with Crippen LogP contribution in [0.3, 0.4) is 0 Å². The van der Waals surface area contributed by atoms with Crippen LogP contribution in [0.4, 0.5) is 0 Å². The van der Waals surface area contributed by atoms with Gasteiger partial charge in [-0.1, -0.05) is 11.8 Å². The highest BCUT2D eigenvalue weighted by atomic mass is 32.1. The summed E-state index contributed by atoms with van der Waals surface area (Å²) in [4.78, 5) is 12.8. The Morgan fingerprint density at radius 2 is 2.24 bits per heavy atom. The van der Waals surface area contributed by atoms with Crippen molar-refractivity contribution >= 4 is 17.3 Å². The Morgan fingerprint density at radius 1 is 1.47 bits per heavy atom. The van der Waals surface area contributed by atoms with Crippen molar-refractivity contribution in [2.24, 2.45) is 5.92 Å². The van der Waals surface area contributed by atoms with Crippen LogP contribution < -0.4 is 5.32 Å². The third-order valence-corrected chi connectivity index (χ3v) is 3.71. The Labute approximate surface area is 105 Å². The van der Waals surface area contributed by atoms with Crippen LogP contribution in [0.25, 0.3) is 0 Å². The molecule has 0 atom stereocenters. The molecule has 1 N–H and O–H groups in total. The molecule has 1 fully saturated rings. The molecule has 1 aromatic heterocycles. The quantitative estimate of drug-likeness (QED) is 0.610. The number of carbonyl (C=O) groups excluding carboxylic acids is 1. The first-order valence-corrected chi connectivity index (χ1v) is 6.51. The molecule has 0 amide bonds. The van der Waals surface area contributed by atoms with E-state index in [0.717, 1.165) is 30.8 Å². The molecular formula is C13H15NO2S. The normalized spacial score (nSPS) is 16.1. The fourth-order valence-corrected chi connectivity index (χ4v) is 2.54. The van der Waals surface area contributed by atoms with Crippen molar-refractivity contribution in [2.75, 3.05) is 20.2 Å². The zero-order chi connectivity index (χ0) is 12.1. The maximum atomic E-state index is 11.3. The first kappa shape index (κ1) is 12.2. The van der Waals surface area contributed by atoms with Crippen molar-refractivity contribution in [1.29, 1.82) is 0 Å². The molecule has 0 saturated carbocycles. The summed E-state index contributed by atoms with van der Waals surface area (Å²) in [6, 6.07) is 3.65. The standard InChI is InChI=1S/C13H15NO2S/c1-16-13(15)12-5-4-11(17-12)3-2-10-6-8-14-9-7-10/h4-5,10,14H,6-9H2,1H3. The van der Waals surface area contributed by atoms with Gasteiger partial charge in [0.2, 0.25) is 0 Å². The van der Waals surface area contributed by atoms with Crippen molar-refractivity contribution in [3.05, 3.63) is 21.9 Å². The topological polar surface area (TPSA) is 38.3 Å². The second kappa shape index (κ2) is 5.85. The van der Waals surface area contributed by atoms with Crippen molar-refractivity contribution in [3.63, 3.8) is 0 Å². The number of hydrogen-bond acceptors (Lipinski definition) is 4. The Kier molecular flexibility index (Phi) is 4.18. The van der Waals surface area contributed by atoms with Gasteiger partial charge in [0.05, 0.1) is 12.0 Å². The van der Waals surface area contributed by atoms with Gasteiger partial charge in [-0.15, -0.1) is 11.3 Å². The van der Waals surface area contributed by atoms with E-state index in [1.807, 2.05) is 6.07 Å². The van der Waals surface area contributed by atoms with Gasteiger partial charge in [-0.05, 0) is 38.1 Å². The van der Waals surface area contributed by atoms with Gasteiger partial charge in [0.25, 0.3) is 0 Å². The first-order valence-electron chi connectivity index (χ1n) is 5.70. The minimum absolute atomic E-state index is 0.287. The molecular weight excluding hydrogens is 234 g/mol. The number of rotatable bonds is 1. The van der Waals surface area contributed by atoms with Gasteiger partial charge < -0.3 is 10.1 Å². The Bertz CT molecular complexity index is 449. The molecule has 0 bridgehead atoms. The molecule has 90 valence electrons. The lowest BCUT2D eigenvalue weighted by molar-refractivity contribution is 0.0606. The summed E-state index contributed by atoms with van der Waals surface area (Å²) in [6.07, 6.45) is 2.23. The second-order valence-corrected chi connectivity index (χ2v) is 5.03. The summed E-state index contributed by atoms with van der Waals surface area (Å²) in [6.45, 7) is 2.11. The summed E-state index contributed by atoms with van der Waals surface area (Å²) in [5.74, 6) is 6.62. The predicted octanol–water partition coefficient (Wildman–Crippen LogP) is 1.89. The lowest BCUT2D eigenvalue weighted by Gasteiger charge is -2.17. The molecule has 1 aliphatic heterocycles. The minimum Gasteiger partial charge on any atom is -0.465 e. The third kappa shape index (κ3) is 3.32. The van der Waals surface area contributed by atoms with Crippen molar-refractivity contribution in [3.8, 4) is 11.8 Å². The zero-order valence-electron chi connectivity index (χ0n) is 9.79. The van der Waals surface area contributed by atoms with E-state index in [4.69, 9.17) is 0 Å². The van der Waals surface area contributed by atoms with Gasteiger partial charge in [-0.25, -0.2) is 4.79 Å². The van der Waals surface area contributed by atoms with Gasteiger partial charge in [0.1, 0.15) is 4.88 Å². The Morgan fingerprint density at radius 3 is 2.94 bits per heavy atom. The number of ether oxygens (including phenoxy) is 1. The summed E-state index contributed by atoms with van der Waals surface area (Å²) in [7, 11) is 1.39. The first-order chi connectivity index (χ1) is 8.29. The fourth-order valence-electron chi connectivity index (χ4n) is 1.75. The van der Waals surface area contributed by atoms with Crippen LogP contribution in [-0.2, 0) is 4.74 Å². The van der Waals surface area contributed by atoms with Crippen LogP contribution >= 0.6 is 11.3 Å². The Balaban J connectivity index is 2.01. The molecule has 0 aromatic carbocycles. The highest BCUT2D eigenvalue weighted by molar-refractivity contribution is 7.14. The average molecular weight is 249 g/mol. The smallest absolute Gasteiger partial charge is 0.348 e. The minimum atomic E-state index is -0.287. The van der Waals surface area contributed by atoms with E-state index in [0.29, 0.717) is 10.8 Å². The fraction of sp³-hybridized carbons (Fsp3) is 0.462. The Hall–Kier alpha value is -1.31. The van der Waals surface area contributed by atoms with E-state index in [1.165, 1.54) is 18.4 Å². The zero-order valence-corrected chi connectivity index (χ0v) is 10.6. The maximum absolute atomic E-state index is 11.3. The number of esters is 1. The second-order valence-electron chi connectivity index (χ2n) is 3.95. The highest BCUT2D eigenvalue weighted by Gasteiger charge is 2.10. The molecule has 1 saturated heterocycles. The van der Waals surface area contributed by atoms with E-state index in [9.17, 15) is 4.79 Å². The van der Waals surface area contributed by atoms with Crippen LogP contribution in [0.2, 0.25) is 0 Å². The van der Waals surface area contributed by atoms with Gasteiger partial charge in [-0.2, -0.15) is 0 Å². The van der Waals surface area contributed by atoms with Crippen LogP contribution in [-0.4, -0.2) is 26.2 Å². The van der Waals surface area contributed by atoms with Crippen LogP contribution in [0.15, 0.2) is 12.1 Å². The summed E-state index contributed by atoms with van der Waals surface area (Å²) >= 11 is 1.39.